The van der Waals surface area contributed by atoms with Crippen LogP contribution in [0.2, 0.25) is 0 Å². The first kappa shape index (κ1) is 18.4. The number of likely N-dealkylation sites (N-methyl/N-ethyl adjacent to an activating group) is 1. The van der Waals surface area contributed by atoms with Crippen LogP contribution in [0, 0.1) is 0 Å². The smallest absolute Gasteiger partial charge is 0.326 e. The van der Waals surface area contributed by atoms with E-state index in [1.807, 2.05) is 20.8 Å². The first-order chi connectivity index (χ1) is 8.87. The molecule has 1 atom stereocenters. The highest BCUT2D eigenvalue weighted by molar-refractivity contribution is 5.80. The second-order valence-electron chi connectivity index (χ2n) is 5.61. The van der Waals surface area contributed by atoms with Gasteiger partial charge in [0.25, 0.3) is 0 Å². The fourth-order valence-corrected chi connectivity index (χ4v) is 2.04. The van der Waals surface area contributed by atoms with Gasteiger partial charge in [-0.05, 0) is 67.1 Å². The number of ether oxygens (including phenoxy) is 1. The molecule has 0 aliphatic heterocycles. The fraction of sp³-hybridized carbons (Fsp3) is 0.933. The molecule has 0 spiro atoms. The molecule has 4 nitrogen and oxygen atoms in total. The summed E-state index contributed by atoms with van der Waals surface area (Å²) >= 11 is 0. The van der Waals surface area contributed by atoms with Gasteiger partial charge in [0.1, 0.15) is 5.54 Å². The molecule has 0 saturated carbocycles. The molecule has 1 unspecified atom stereocenters. The van der Waals surface area contributed by atoms with Crippen LogP contribution < -0.4 is 5.32 Å². The Balaban J connectivity index is 4.17. The van der Waals surface area contributed by atoms with Gasteiger partial charge in [-0.25, -0.2) is 0 Å². The first-order valence-electron chi connectivity index (χ1n) is 7.49. The van der Waals surface area contributed by atoms with Crippen LogP contribution in [0.4, 0.5) is 0 Å². The Bertz CT molecular complexity index is 257. The van der Waals surface area contributed by atoms with Gasteiger partial charge in [0.05, 0.1) is 6.61 Å². The number of nitrogens with one attached hydrogen (secondary N) is 1. The number of hydrogen-bond donors (Lipinski definition) is 1. The maximum Gasteiger partial charge on any atom is 0.326 e. The molecule has 0 heterocycles. The van der Waals surface area contributed by atoms with Crippen molar-refractivity contribution in [3.63, 3.8) is 0 Å². The largest absolute Gasteiger partial charge is 0.465 e. The number of esters is 1. The average molecular weight is 272 g/mol. The Morgan fingerprint density at radius 2 is 1.95 bits per heavy atom. The molecule has 1 N–H and O–H groups in total. The zero-order chi connectivity index (χ0) is 14.9. The van der Waals surface area contributed by atoms with E-state index in [4.69, 9.17) is 4.74 Å². The molecular formula is C15H32N2O2. The molecule has 0 rings (SSSR count). The lowest BCUT2D eigenvalue weighted by atomic mass is 9.94. The highest BCUT2D eigenvalue weighted by Crippen LogP contribution is 2.16. The maximum atomic E-state index is 12.0. The van der Waals surface area contributed by atoms with Gasteiger partial charge in [-0.15, -0.1) is 0 Å². The van der Waals surface area contributed by atoms with Gasteiger partial charge < -0.3 is 15.0 Å². The van der Waals surface area contributed by atoms with E-state index >= 15 is 0 Å². The number of carbonyl (C=O) groups is 1. The number of nitrogens with zero attached hydrogens (tertiary/aromatic N) is 1. The van der Waals surface area contributed by atoms with Crippen molar-refractivity contribution < 1.29 is 9.53 Å². The van der Waals surface area contributed by atoms with Crippen molar-refractivity contribution in [2.24, 2.45) is 0 Å². The van der Waals surface area contributed by atoms with E-state index in [0.29, 0.717) is 12.6 Å². The quantitative estimate of drug-likeness (QED) is 0.490. The summed E-state index contributed by atoms with van der Waals surface area (Å²) in [4.78, 5) is 14.3. The monoisotopic (exact) mass is 272 g/mol. The lowest BCUT2D eigenvalue weighted by Gasteiger charge is -2.28. The third kappa shape index (κ3) is 6.92. The highest BCUT2D eigenvalue weighted by Gasteiger charge is 2.32. The van der Waals surface area contributed by atoms with Crippen molar-refractivity contribution >= 4 is 5.97 Å². The molecule has 0 radical (unpaired) electrons. The average Bonchev–Trinajstić information content (AvgIpc) is 2.34. The third-order valence-electron chi connectivity index (χ3n) is 3.61. The summed E-state index contributed by atoms with van der Waals surface area (Å²) in [5.41, 5.74) is -0.541. The van der Waals surface area contributed by atoms with E-state index in [9.17, 15) is 4.79 Å². The molecular weight excluding hydrogens is 240 g/mol. The Morgan fingerprint density at radius 1 is 1.32 bits per heavy atom. The molecule has 0 aliphatic carbocycles. The Labute approximate surface area is 118 Å². The Morgan fingerprint density at radius 3 is 2.42 bits per heavy atom. The lowest BCUT2D eigenvalue weighted by Crippen LogP contribution is -2.50. The van der Waals surface area contributed by atoms with Crippen molar-refractivity contribution in [1.82, 2.24) is 10.2 Å². The van der Waals surface area contributed by atoms with Crippen molar-refractivity contribution in [2.45, 2.75) is 65.5 Å². The van der Waals surface area contributed by atoms with Crippen LogP contribution in [-0.2, 0) is 9.53 Å². The summed E-state index contributed by atoms with van der Waals surface area (Å²) in [6.45, 7) is 12.5. The minimum atomic E-state index is -0.541. The summed E-state index contributed by atoms with van der Waals surface area (Å²) < 4.78 is 5.16. The normalized spacial score (nSPS) is 14.7. The third-order valence-corrected chi connectivity index (χ3v) is 3.61. The molecule has 0 aromatic carbocycles. The molecule has 0 aromatic heterocycles. The fourth-order valence-electron chi connectivity index (χ4n) is 2.04. The summed E-state index contributed by atoms with van der Waals surface area (Å²) in [6.07, 6.45) is 2.96. The predicted octanol–water partition coefficient (Wildman–Crippen LogP) is 2.43. The summed E-state index contributed by atoms with van der Waals surface area (Å²) in [5, 5.41) is 3.27. The van der Waals surface area contributed by atoms with Gasteiger partial charge in [-0.3, -0.25) is 4.79 Å². The van der Waals surface area contributed by atoms with E-state index in [2.05, 4.69) is 31.1 Å². The Kier molecular flexibility index (Phi) is 9.02. The van der Waals surface area contributed by atoms with Crippen molar-refractivity contribution in [2.75, 3.05) is 26.7 Å². The van der Waals surface area contributed by atoms with Crippen LogP contribution in [0.5, 0.6) is 0 Å². The molecule has 4 heteroatoms. The number of rotatable bonds is 10. The number of unbranched alkanes of at least 4 members (excludes halogenated alkanes) is 1. The van der Waals surface area contributed by atoms with Crippen LogP contribution in [-0.4, -0.2) is 49.2 Å². The highest BCUT2D eigenvalue weighted by atomic mass is 16.5. The van der Waals surface area contributed by atoms with Crippen molar-refractivity contribution in [1.29, 1.82) is 0 Å². The number of hydrogen-bond acceptors (Lipinski definition) is 4. The zero-order valence-corrected chi connectivity index (χ0v) is 13.6. The molecule has 0 bridgehead atoms. The molecule has 0 amide bonds. The maximum absolute atomic E-state index is 12.0. The topological polar surface area (TPSA) is 41.6 Å². The van der Waals surface area contributed by atoms with E-state index in [1.54, 1.807) is 0 Å². The predicted molar refractivity (Wildman–Crippen MR) is 80.3 cm³/mol. The van der Waals surface area contributed by atoms with E-state index in [1.165, 1.54) is 0 Å². The van der Waals surface area contributed by atoms with Crippen LogP contribution in [0.1, 0.15) is 53.9 Å². The van der Waals surface area contributed by atoms with Gasteiger partial charge in [-0.1, -0.05) is 6.92 Å². The Hall–Kier alpha value is -0.610. The van der Waals surface area contributed by atoms with Gasteiger partial charge in [-0.2, -0.15) is 0 Å². The SMILES string of the molecule is CCNC(C)(CCCCN(C)C(C)C)C(=O)OCC. The summed E-state index contributed by atoms with van der Waals surface area (Å²) in [7, 11) is 2.14. The van der Waals surface area contributed by atoms with Crippen molar-refractivity contribution in [3.8, 4) is 0 Å². The minimum absolute atomic E-state index is 0.130. The van der Waals surface area contributed by atoms with Gasteiger partial charge in [0.15, 0.2) is 0 Å². The zero-order valence-electron chi connectivity index (χ0n) is 13.6. The molecule has 0 saturated heterocycles. The van der Waals surface area contributed by atoms with Crippen molar-refractivity contribution in [3.05, 3.63) is 0 Å². The van der Waals surface area contributed by atoms with Crippen LogP contribution in [0.3, 0.4) is 0 Å². The van der Waals surface area contributed by atoms with E-state index in [-0.39, 0.29) is 5.97 Å². The van der Waals surface area contributed by atoms with Gasteiger partial charge >= 0.3 is 5.97 Å². The molecule has 114 valence electrons. The molecule has 0 aromatic rings. The second kappa shape index (κ2) is 9.32. The van der Waals surface area contributed by atoms with Gasteiger partial charge in [0.2, 0.25) is 0 Å². The van der Waals surface area contributed by atoms with Crippen LogP contribution in [0.25, 0.3) is 0 Å². The minimum Gasteiger partial charge on any atom is -0.465 e. The number of carbonyl (C=O) groups excluding carboxylic acids is 1. The lowest BCUT2D eigenvalue weighted by molar-refractivity contribution is -0.150. The second-order valence-corrected chi connectivity index (χ2v) is 5.61. The first-order valence-corrected chi connectivity index (χ1v) is 7.49. The van der Waals surface area contributed by atoms with Gasteiger partial charge in [0, 0.05) is 6.04 Å². The molecule has 0 fully saturated rings. The van der Waals surface area contributed by atoms with Crippen LogP contribution >= 0.6 is 0 Å². The van der Waals surface area contributed by atoms with E-state index in [0.717, 1.165) is 32.4 Å². The van der Waals surface area contributed by atoms with Crippen LogP contribution in [0.15, 0.2) is 0 Å². The standard InChI is InChI=1S/C15H32N2O2/c1-7-16-15(5,14(18)19-8-2)11-9-10-12-17(6)13(3)4/h13,16H,7-12H2,1-6H3. The summed E-state index contributed by atoms with van der Waals surface area (Å²) in [6, 6.07) is 0.574. The molecule has 19 heavy (non-hydrogen) atoms. The summed E-state index contributed by atoms with van der Waals surface area (Å²) in [5.74, 6) is -0.130. The van der Waals surface area contributed by atoms with E-state index < -0.39 is 5.54 Å². The molecule has 0 aliphatic rings.